The highest BCUT2D eigenvalue weighted by Crippen LogP contribution is 2.09. The number of aryl methyl sites for hydroxylation is 1. The van der Waals surface area contributed by atoms with Gasteiger partial charge in [0.25, 0.3) is 0 Å². The number of nitrogens with zero attached hydrogens (tertiary/aromatic N) is 1. The molecule has 1 aromatic heterocycles. The van der Waals surface area contributed by atoms with Crippen molar-refractivity contribution in [3.63, 3.8) is 0 Å². The third-order valence-electron chi connectivity index (χ3n) is 3.63. The standard InChI is InChI=1S/C19H23N3O5/c1-14-5-3-6-15(9-14)21-17(23)10-20-18(24)12-22(19(25)13-26-2)11-16-7-4-8-27-16/h3-9H,10-13H2,1-2H3,(H,20,24)(H,21,23). The molecule has 1 heterocycles. The van der Waals surface area contributed by atoms with Crippen LogP contribution in [0.3, 0.4) is 0 Å². The molecule has 0 aliphatic rings. The number of hydrogen-bond acceptors (Lipinski definition) is 5. The Morgan fingerprint density at radius 1 is 1.15 bits per heavy atom. The van der Waals surface area contributed by atoms with Crippen LogP contribution in [0.15, 0.2) is 47.1 Å². The molecule has 2 N–H and O–H groups in total. The van der Waals surface area contributed by atoms with Crippen molar-refractivity contribution < 1.29 is 23.5 Å². The number of hydrogen-bond donors (Lipinski definition) is 2. The summed E-state index contributed by atoms with van der Waals surface area (Å²) in [7, 11) is 1.40. The number of carbonyl (C=O) groups is 3. The fourth-order valence-corrected chi connectivity index (χ4v) is 2.37. The Kier molecular flexibility index (Phi) is 7.57. The quantitative estimate of drug-likeness (QED) is 0.690. The molecule has 0 spiro atoms. The second-order valence-corrected chi connectivity index (χ2v) is 5.96. The van der Waals surface area contributed by atoms with E-state index in [0.717, 1.165) is 5.56 Å². The van der Waals surface area contributed by atoms with Gasteiger partial charge in [-0.2, -0.15) is 0 Å². The van der Waals surface area contributed by atoms with Gasteiger partial charge < -0.3 is 24.7 Å². The van der Waals surface area contributed by atoms with Crippen LogP contribution in [0.25, 0.3) is 0 Å². The Hall–Kier alpha value is -3.13. The normalized spacial score (nSPS) is 10.3. The third-order valence-corrected chi connectivity index (χ3v) is 3.63. The number of nitrogens with one attached hydrogen (secondary N) is 2. The molecule has 0 saturated carbocycles. The molecule has 0 aliphatic carbocycles. The second kappa shape index (κ2) is 10.1. The number of methoxy groups -OCH3 is 1. The van der Waals surface area contributed by atoms with Gasteiger partial charge in [0, 0.05) is 12.8 Å². The van der Waals surface area contributed by atoms with Crippen LogP contribution < -0.4 is 10.6 Å². The van der Waals surface area contributed by atoms with E-state index in [-0.39, 0.29) is 38.1 Å². The maximum absolute atomic E-state index is 12.1. The zero-order valence-electron chi connectivity index (χ0n) is 15.4. The Morgan fingerprint density at radius 2 is 1.96 bits per heavy atom. The van der Waals surface area contributed by atoms with Crippen LogP contribution in [-0.4, -0.2) is 49.4 Å². The van der Waals surface area contributed by atoms with Gasteiger partial charge in [-0.15, -0.1) is 0 Å². The van der Waals surface area contributed by atoms with E-state index < -0.39 is 5.91 Å². The molecule has 2 rings (SSSR count). The molecule has 0 atom stereocenters. The number of benzene rings is 1. The number of ether oxygens (including phenoxy) is 1. The summed E-state index contributed by atoms with van der Waals surface area (Å²) >= 11 is 0. The molecule has 0 aliphatic heterocycles. The first kappa shape index (κ1) is 20.2. The maximum atomic E-state index is 12.1. The lowest BCUT2D eigenvalue weighted by atomic mass is 10.2. The van der Waals surface area contributed by atoms with E-state index in [9.17, 15) is 14.4 Å². The van der Waals surface area contributed by atoms with Crippen LogP contribution >= 0.6 is 0 Å². The van der Waals surface area contributed by atoms with E-state index in [1.165, 1.54) is 18.3 Å². The van der Waals surface area contributed by atoms with Crippen LogP contribution in [0, 0.1) is 6.92 Å². The van der Waals surface area contributed by atoms with Crippen LogP contribution in [0.2, 0.25) is 0 Å². The van der Waals surface area contributed by atoms with Gasteiger partial charge in [-0.3, -0.25) is 14.4 Å². The van der Waals surface area contributed by atoms with Gasteiger partial charge in [0.1, 0.15) is 18.9 Å². The average Bonchev–Trinajstić information content (AvgIpc) is 3.13. The summed E-state index contributed by atoms with van der Waals surface area (Å²) in [5.41, 5.74) is 1.67. The first-order chi connectivity index (χ1) is 13.0. The summed E-state index contributed by atoms with van der Waals surface area (Å²) in [4.78, 5) is 37.5. The Labute approximate surface area is 157 Å². The van der Waals surface area contributed by atoms with E-state index in [2.05, 4.69) is 10.6 Å². The number of amides is 3. The molecule has 27 heavy (non-hydrogen) atoms. The largest absolute Gasteiger partial charge is 0.467 e. The van der Waals surface area contributed by atoms with Crippen molar-refractivity contribution in [1.82, 2.24) is 10.2 Å². The highest BCUT2D eigenvalue weighted by atomic mass is 16.5. The van der Waals surface area contributed by atoms with E-state index in [0.29, 0.717) is 11.4 Å². The molecule has 0 fully saturated rings. The molecule has 0 unspecified atom stereocenters. The van der Waals surface area contributed by atoms with Gasteiger partial charge >= 0.3 is 0 Å². The molecule has 144 valence electrons. The first-order valence-corrected chi connectivity index (χ1v) is 8.40. The van der Waals surface area contributed by atoms with Gasteiger partial charge in [-0.05, 0) is 36.8 Å². The van der Waals surface area contributed by atoms with Crippen molar-refractivity contribution in [3.8, 4) is 0 Å². The molecule has 1 aromatic carbocycles. The fraction of sp³-hybridized carbons (Fsp3) is 0.316. The predicted molar refractivity (Wildman–Crippen MR) is 98.8 cm³/mol. The van der Waals surface area contributed by atoms with E-state index in [4.69, 9.17) is 9.15 Å². The van der Waals surface area contributed by atoms with Gasteiger partial charge in [-0.1, -0.05) is 12.1 Å². The zero-order chi connectivity index (χ0) is 19.6. The van der Waals surface area contributed by atoms with Crippen molar-refractivity contribution in [2.75, 3.05) is 32.1 Å². The summed E-state index contributed by atoms with van der Waals surface area (Å²) in [6, 6.07) is 10.7. The summed E-state index contributed by atoms with van der Waals surface area (Å²) in [5.74, 6) is -0.613. The SMILES string of the molecule is COCC(=O)N(CC(=O)NCC(=O)Nc1cccc(C)c1)Cc1ccco1. The van der Waals surface area contributed by atoms with Gasteiger partial charge in [0.2, 0.25) is 17.7 Å². The van der Waals surface area contributed by atoms with Crippen LogP contribution in [0.5, 0.6) is 0 Å². The van der Waals surface area contributed by atoms with Gasteiger partial charge in [-0.25, -0.2) is 0 Å². The lowest BCUT2D eigenvalue weighted by molar-refractivity contribution is -0.140. The molecule has 8 nitrogen and oxygen atoms in total. The molecular formula is C19H23N3O5. The lowest BCUT2D eigenvalue weighted by Gasteiger charge is -2.20. The Bertz CT molecular complexity index is 773. The zero-order valence-corrected chi connectivity index (χ0v) is 15.4. The minimum Gasteiger partial charge on any atom is -0.467 e. The van der Waals surface area contributed by atoms with Crippen LogP contribution in [-0.2, 0) is 25.7 Å². The van der Waals surface area contributed by atoms with Crippen molar-refractivity contribution in [3.05, 3.63) is 54.0 Å². The molecule has 0 radical (unpaired) electrons. The molecule has 3 amide bonds. The van der Waals surface area contributed by atoms with Crippen molar-refractivity contribution in [2.45, 2.75) is 13.5 Å². The number of rotatable bonds is 9. The van der Waals surface area contributed by atoms with E-state index in [1.54, 1.807) is 18.2 Å². The first-order valence-electron chi connectivity index (χ1n) is 8.40. The second-order valence-electron chi connectivity index (χ2n) is 5.96. The van der Waals surface area contributed by atoms with E-state index >= 15 is 0 Å². The average molecular weight is 373 g/mol. The van der Waals surface area contributed by atoms with E-state index in [1.807, 2.05) is 25.1 Å². The van der Waals surface area contributed by atoms with Crippen molar-refractivity contribution in [1.29, 1.82) is 0 Å². The van der Waals surface area contributed by atoms with Gasteiger partial charge in [0.15, 0.2) is 0 Å². The summed E-state index contributed by atoms with van der Waals surface area (Å²) in [6.45, 7) is 1.50. The minimum absolute atomic E-state index is 0.137. The van der Waals surface area contributed by atoms with Crippen LogP contribution in [0.1, 0.15) is 11.3 Å². The van der Waals surface area contributed by atoms with Gasteiger partial charge in [0.05, 0.1) is 19.4 Å². The molecule has 2 aromatic rings. The Morgan fingerprint density at radius 3 is 2.63 bits per heavy atom. The summed E-state index contributed by atoms with van der Waals surface area (Å²) < 4.78 is 10.1. The van der Waals surface area contributed by atoms with Crippen molar-refractivity contribution >= 4 is 23.4 Å². The van der Waals surface area contributed by atoms with Crippen LogP contribution in [0.4, 0.5) is 5.69 Å². The maximum Gasteiger partial charge on any atom is 0.249 e. The third kappa shape index (κ3) is 6.95. The lowest BCUT2D eigenvalue weighted by Crippen LogP contribution is -2.43. The predicted octanol–water partition coefficient (Wildman–Crippen LogP) is 1.32. The minimum atomic E-state index is -0.453. The monoisotopic (exact) mass is 373 g/mol. The number of carbonyl (C=O) groups excluding carboxylic acids is 3. The number of anilines is 1. The molecule has 0 bridgehead atoms. The summed E-state index contributed by atoms with van der Waals surface area (Å²) in [6.07, 6.45) is 1.49. The molecular weight excluding hydrogens is 350 g/mol. The fourth-order valence-electron chi connectivity index (χ4n) is 2.37. The number of furan rings is 1. The van der Waals surface area contributed by atoms with Crippen molar-refractivity contribution in [2.24, 2.45) is 0 Å². The molecule has 0 saturated heterocycles. The summed E-state index contributed by atoms with van der Waals surface area (Å²) in [5, 5.41) is 5.21. The highest BCUT2D eigenvalue weighted by Gasteiger charge is 2.19. The highest BCUT2D eigenvalue weighted by molar-refractivity contribution is 5.95. The smallest absolute Gasteiger partial charge is 0.249 e. The molecule has 8 heteroatoms. The topological polar surface area (TPSA) is 101 Å². The Balaban J connectivity index is 1.85.